The molecule has 0 radical (unpaired) electrons. The van der Waals surface area contributed by atoms with E-state index in [9.17, 15) is 9.90 Å². The van der Waals surface area contributed by atoms with E-state index in [0.717, 1.165) is 25.0 Å². The van der Waals surface area contributed by atoms with E-state index in [2.05, 4.69) is 12.1 Å². The second-order valence-electron chi connectivity index (χ2n) is 5.49. The number of carboxylic acids is 1. The number of benzene rings is 1. The number of hydrogen-bond donors (Lipinski definition) is 2. The summed E-state index contributed by atoms with van der Waals surface area (Å²) in [6.07, 6.45) is 3.41. The van der Waals surface area contributed by atoms with Gasteiger partial charge in [-0.2, -0.15) is 0 Å². The highest BCUT2D eigenvalue weighted by Crippen LogP contribution is 2.46. The maximum atomic E-state index is 11.6. The first-order valence-corrected chi connectivity index (χ1v) is 7.67. The van der Waals surface area contributed by atoms with Crippen molar-refractivity contribution in [2.45, 2.75) is 48.6 Å². The van der Waals surface area contributed by atoms with Crippen LogP contribution in [-0.4, -0.2) is 21.4 Å². The van der Waals surface area contributed by atoms with Gasteiger partial charge >= 0.3 is 5.97 Å². The van der Waals surface area contributed by atoms with E-state index < -0.39 is 16.3 Å². The molecule has 0 bridgehead atoms. The Hall–Kier alpha value is -1.00. The van der Waals surface area contributed by atoms with Crippen LogP contribution in [0.2, 0.25) is 0 Å². The molecule has 0 amide bonds. The zero-order valence-corrected chi connectivity index (χ0v) is 12.1. The van der Waals surface area contributed by atoms with E-state index in [4.69, 9.17) is 5.73 Å². The summed E-state index contributed by atoms with van der Waals surface area (Å²) in [7, 11) is 0. The smallest absolute Gasteiger partial charge is 0.325 e. The van der Waals surface area contributed by atoms with Crippen molar-refractivity contribution in [3.05, 3.63) is 35.9 Å². The lowest BCUT2D eigenvalue weighted by Crippen LogP contribution is -2.64. The molecule has 1 saturated carbocycles. The largest absolute Gasteiger partial charge is 0.480 e. The number of aliphatic carboxylic acids is 1. The number of thioether (sulfide) groups is 1. The van der Waals surface area contributed by atoms with E-state index in [1.807, 2.05) is 25.1 Å². The van der Waals surface area contributed by atoms with Crippen LogP contribution in [0.15, 0.2) is 30.3 Å². The maximum Gasteiger partial charge on any atom is 0.325 e. The van der Waals surface area contributed by atoms with Gasteiger partial charge in [0.1, 0.15) is 5.54 Å². The zero-order chi connectivity index (χ0) is 13.9. The summed E-state index contributed by atoms with van der Waals surface area (Å²) in [5.41, 5.74) is 6.33. The fourth-order valence-electron chi connectivity index (χ4n) is 2.70. The van der Waals surface area contributed by atoms with Crippen molar-refractivity contribution in [1.29, 1.82) is 0 Å². The molecule has 0 aliphatic heterocycles. The zero-order valence-electron chi connectivity index (χ0n) is 11.3. The molecule has 1 aromatic rings. The molecular weight excluding hydrogens is 258 g/mol. The Balaban J connectivity index is 2.13. The van der Waals surface area contributed by atoms with Crippen molar-refractivity contribution in [2.24, 2.45) is 5.73 Å². The molecule has 3 N–H and O–H groups in total. The van der Waals surface area contributed by atoms with Gasteiger partial charge in [-0.25, -0.2) is 0 Å². The van der Waals surface area contributed by atoms with Crippen LogP contribution >= 0.6 is 11.8 Å². The fourth-order valence-corrected chi connectivity index (χ4v) is 4.12. The average molecular weight is 279 g/mol. The Morgan fingerprint density at radius 1 is 1.32 bits per heavy atom. The fraction of sp³-hybridized carbons (Fsp3) is 0.533. The van der Waals surface area contributed by atoms with E-state index in [1.54, 1.807) is 11.8 Å². The van der Waals surface area contributed by atoms with Gasteiger partial charge in [0.25, 0.3) is 0 Å². The minimum Gasteiger partial charge on any atom is -0.480 e. The molecular formula is C15H21NO2S. The SMILES string of the molecule is CC1(SCc2ccccc2)CCCCC1(N)C(=O)O. The first-order chi connectivity index (χ1) is 8.98. The quantitative estimate of drug-likeness (QED) is 0.889. The molecule has 3 nitrogen and oxygen atoms in total. The Kier molecular flexibility index (Phi) is 4.21. The minimum absolute atomic E-state index is 0.396. The molecule has 1 aliphatic carbocycles. The molecule has 2 atom stereocenters. The number of hydrogen-bond acceptors (Lipinski definition) is 3. The molecule has 1 aliphatic rings. The highest BCUT2D eigenvalue weighted by Gasteiger charge is 2.52. The predicted octanol–water partition coefficient (Wildman–Crippen LogP) is 3.03. The van der Waals surface area contributed by atoms with E-state index in [0.29, 0.717) is 6.42 Å². The van der Waals surface area contributed by atoms with Crippen molar-refractivity contribution in [3.8, 4) is 0 Å². The van der Waals surface area contributed by atoms with Crippen LogP contribution in [0.1, 0.15) is 38.2 Å². The lowest BCUT2D eigenvalue weighted by atomic mass is 9.73. The molecule has 0 spiro atoms. The van der Waals surface area contributed by atoms with Crippen LogP contribution in [0.5, 0.6) is 0 Å². The number of nitrogens with two attached hydrogens (primary N) is 1. The highest BCUT2D eigenvalue weighted by molar-refractivity contribution is 8.00. The summed E-state index contributed by atoms with van der Waals surface area (Å²) < 4.78 is -0.396. The van der Waals surface area contributed by atoms with Crippen LogP contribution in [0.4, 0.5) is 0 Å². The lowest BCUT2D eigenvalue weighted by molar-refractivity contribution is -0.145. The van der Waals surface area contributed by atoms with E-state index in [1.165, 1.54) is 5.56 Å². The van der Waals surface area contributed by atoms with Crippen molar-refractivity contribution < 1.29 is 9.90 Å². The third-order valence-electron chi connectivity index (χ3n) is 4.20. The molecule has 104 valence electrons. The summed E-state index contributed by atoms with van der Waals surface area (Å²) >= 11 is 1.68. The van der Waals surface area contributed by atoms with Crippen LogP contribution in [0.3, 0.4) is 0 Å². The highest BCUT2D eigenvalue weighted by atomic mass is 32.2. The summed E-state index contributed by atoms with van der Waals surface area (Å²) in [6, 6.07) is 10.1. The molecule has 0 heterocycles. The Morgan fingerprint density at radius 2 is 1.95 bits per heavy atom. The molecule has 1 aromatic carbocycles. The van der Waals surface area contributed by atoms with E-state index >= 15 is 0 Å². The normalized spacial score (nSPS) is 31.1. The summed E-state index contributed by atoms with van der Waals surface area (Å²) in [4.78, 5) is 11.6. The number of rotatable bonds is 4. The molecule has 19 heavy (non-hydrogen) atoms. The average Bonchev–Trinajstić information content (AvgIpc) is 2.41. The van der Waals surface area contributed by atoms with E-state index in [-0.39, 0.29) is 0 Å². The minimum atomic E-state index is -1.11. The molecule has 2 rings (SSSR count). The lowest BCUT2D eigenvalue weighted by Gasteiger charge is -2.46. The van der Waals surface area contributed by atoms with Crippen LogP contribution in [-0.2, 0) is 10.5 Å². The van der Waals surface area contributed by atoms with Crippen LogP contribution < -0.4 is 5.73 Å². The maximum absolute atomic E-state index is 11.6. The standard InChI is InChI=1S/C15H21NO2S/c1-14(19-11-12-7-3-2-4-8-12)9-5-6-10-15(14,16)13(17)18/h2-4,7-8H,5-6,9-11,16H2,1H3,(H,17,18). The van der Waals surface area contributed by atoms with Crippen molar-refractivity contribution >= 4 is 17.7 Å². The van der Waals surface area contributed by atoms with Gasteiger partial charge in [-0.1, -0.05) is 43.2 Å². The Bertz CT molecular complexity index is 451. The number of carbonyl (C=O) groups is 1. The van der Waals surface area contributed by atoms with Crippen molar-refractivity contribution in [2.75, 3.05) is 0 Å². The number of carboxylic acid groups (broad SMARTS) is 1. The summed E-state index contributed by atoms with van der Waals surface area (Å²) in [5.74, 6) is -0.0564. The second kappa shape index (κ2) is 5.55. The molecule has 1 fully saturated rings. The van der Waals surface area contributed by atoms with Gasteiger partial charge in [0, 0.05) is 10.5 Å². The van der Waals surface area contributed by atoms with Gasteiger partial charge < -0.3 is 10.8 Å². The van der Waals surface area contributed by atoms with Gasteiger partial charge in [-0.15, -0.1) is 11.8 Å². The Morgan fingerprint density at radius 3 is 2.58 bits per heavy atom. The van der Waals surface area contributed by atoms with Crippen molar-refractivity contribution in [1.82, 2.24) is 0 Å². The first kappa shape index (κ1) is 14.4. The third kappa shape index (κ3) is 2.79. The summed E-state index contributed by atoms with van der Waals surface area (Å²) in [6.45, 7) is 2.01. The molecule has 0 aromatic heterocycles. The second-order valence-corrected chi connectivity index (χ2v) is 6.97. The van der Waals surface area contributed by atoms with Crippen LogP contribution in [0, 0.1) is 0 Å². The van der Waals surface area contributed by atoms with Crippen molar-refractivity contribution in [3.63, 3.8) is 0 Å². The molecule has 4 heteroatoms. The van der Waals surface area contributed by atoms with Gasteiger partial charge in [0.15, 0.2) is 0 Å². The third-order valence-corrected chi connectivity index (χ3v) is 5.88. The first-order valence-electron chi connectivity index (χ1n) is 6.68. The topological polar surface area (TPSA) is 63.3 Å². The summed E-state index contributed by atoms with van der Waals surface area (Å²) in [5, 5.41) is 9.49. The van der Waals surface area contributed by atoms with Gasteiger partial charge in [-0.05, 0) is 25.3 Å². The molecule has 0 saturated heterocycles. The van der Waals surface area contributed by atoms with Gasteiger partial charge in [-0.3, -0.25) is 4.79 Å². The van der Waals surface area contributed by atoms with Crippen LogP contribution in [0.25, 0.3) is 0 Å². The Labute approximate surface area is 118 Å². The van der Waals surface area contributed by atoms with Gasteiger partial charge in [0.2, 0.25) is 0 Å². The van der Waals surface area contributed by atoms with Gasteiger partial charge in [0.05, 0.1) is 0 Å². The monoisotopic (exact) mass is 279 g/mol. The predicted molar refractivity (Wildman–Crippen MR) is 79.2 cm³/mol. The molecule has 2 unspecified atom stereocenters.